The van der Waals surface area contributed by atoms with Crippen molar-refractivity contribution in [1.82, 2.24) is 0 Å². The Morgan fingerprint density at radius 2 is 2.21 bits per heavy atom. The van der Waals surface area contributed by atoms with Crippen molar-refractivity contribution in [3.05, 3.63) is 28.8 Å². The lowest BCUT2D eigenvalue weighted by Crippen LogP contribution is -2.17. The number of halogens is 1. The number of anilines is 1. The fourth-order valence-electron chi connectivity index (χ4n) is 1.05. The highest BCUT2D eigenvalue weighted by Gasteiger charge is 2.00. The van der Waals surface area contributed by atoms with Gasteiger partial charge in [-0.3, -0.25) is 0 Å². The predicted octanol–water partition coefficient (Wildman–Crippen LogP) is 3.10. The molecule has 1 rings (SSSR count). The second-order valence-corrected chi connectivity index (χ2v) is 3.80. The van der Waals surface area contributed by atoms with Crippen LogP contribution in [0.5, 0.6) is 0 Å². The molecule has 1 unspecified atom stereocenters. The van der Waals surface area contributed by atoms with Gasteiger partial charge in [0.2, 0.25) is 0 Å². The van der Waals surface area contributed by atoms with Crippen molar-refractivity contribution in [2.45, 2.75) is 20.0 Å². The van der Waals surface area contributed by atoms with Crippen molar-refractivity contribution in [2.24, 2.45) is 0 Å². The molecule has 0 aromatic heterocycles. The second-order valence-electron chi connectivity index (χ2n) is 3.39. The largest absolute Gasteiger partial charge is 0.382 e. The van der Waals surface area contributed by atoms with Gasteiger partial charge in [-0.1, -0.05) is 17.7 Å². The number of hydrogen-bond acceptors (Lipinski definition) is 2. The molecule has 0 saturated carbocycles. The van der Waals surface area contributed by atoms with E-state index >= 15 is 0 Å². The van der Waals surface area contributed by atoms with E-state index in [9.17, 15) is 0 Å². The van der Waals surface area contributed by atoms with Gasteiger partial charge in [0.25, 0.3) is 0 Å². The number of rotatable bonds is 4. The van der Waals surface area contributed by atoms with Crippen molar-refractivity contribution in [3.63, 3.8) is 0 Å². The first-order valence-electron chi connectivity index (χ1n) is 4.66. The highest BCUT2D eigenvalue weighted by molar-refractivity contribution is 6.31. The molecule has 1 N–H and O–H groups in total. The van der Waals surface area contributed by atoms with Crippen molar-refractivity contribution < 1.29 is 4.74 Å². The minimum Gasteiger partial charge on any atom is -0.382 e. The molecular formula is C11H16ClNO. The monoisotopic (exact) mass is 213 g/mol. The van der Waals surface area contributed by atoms with Gasteiger partial charge in [0.15, 0.2) is 0 Å². The Hall–Kier alpha value is -0.730. The van der Waals surface area contributed by atoms with Crippen molar-refractivity contribution in [2.75, 3.05) is 19.0 Å². The minimum absolute atomic E-state index is 0.204. The summed E-state index contributed by atoms with van der Waals surface area (Å²) in [5.74, 6) is 0. The molecule has 0 amide bonds. The van der Waals surface area contributed by atoms with Crippen LogP contribution in [0, 0.1) is 6.92 Å². The Labute approximate surface area is 90.2 Å². The average molecular weight is 214 g/mol. The summed E-state index contributed by atoms with van der Waals surface area (Å²) in [6.07, 6.45) is 0.204. The molecule has 1 atom stereocenters. The molecule has 0 aliphatic heterocycles. The topological polar surface area (TPSA) is 21.3 Å². The molecule has 1 aromatic rings. The van der Waals surface area contributed by atoms with Crippen molar-refractivity contribution in [3.8, 4) is 0 Å². The van der Waals surface area contributed by atoms with Gasteiger partial charge >= 0.3 is 0 Å². The lowest BCUT2D eigenvalue weighted by Gasteiger charge is -2.12. The Morgan fingerprint density at radius 3 is 2.79 bits per heavy atom. The van der Waals surface area contributed by atoms with Gasteiger partial charge in [-0.05, 0) is 31.5 Å². The van der Waals surface area contributed by atoms with Crippen LogP contribution in [0.15, 0.2) is 18.2 Å². The number of nitrogens with one attached hydrogen (secondary N) is 1. The quantitative estimate of drug-likeness (QED) is 0.830. The van der Waals surface area contributed by atoms with E-state index in [1.165, 1.54) is 0 Å². The summed E-state index contributed by atoms with van der Waals surface area (Å²) >= 11 is 5.99. The SMILES string of the molecule is COC(C)CNc1ccc(C)c(Cl)c1. The maximum absolute atomic E-state index is 5.99. The fraction of sp³-hybridized carbons (Fsp3) is 0.455. The molecule has 1 aromatic carbocycles. The predicted molar refractivity (Wildman–Crippen MR) is 61.1 cm³/mol. The van der Waals surface area contributed by atoms with Crippen LogP contribution in [0.4, 0.5) is 5.69 Å². The zero-order valence-electron chi connectivity index (χ0n) is 8.80. The first-order chi connectivity index (χ1) is 6.63. The van der Waals surface area contributed by atoms with Crippen molar-refractivity contribution >= 4 is 17.3 Å². The standard InChI is InChI=1S/C11H16ClNO/c1-8-4-5-10(6-11(8)12)13-7-9(2)14-3/h4-6,9,13H,7H2,1-3H3. The highest BCUT2D eigenvalue weighted by Crippen LogP contribution is 2.19. The van der Waals surface area contributed by atoms with Crippen LogP contribution >= 0.6 is 11.6 Å². The number of benzene rings is 1. The molecule has 78 valence electrons. The van der Waals surface area contributed by atoms with Gasteiger partial charge in [-0.25, -0.2) is 0 Å². The molecule has 0 saturated heterocycles. The molecule has 0 aliphatic rings. The van der Waals surface area contributed by atoms with Gasteiger partial charge in [0, 0.05) is 24.4 Å². The first kappa shape index (κ1) is 11.3. The minimum atomic E-state index is 0.204. The molecule has 0 bridgehead atoms. The summed E-state index contributed by atoms with van der Waals surface area (Å²) in [5, 5.41) is 4.05. The van der Waals surface area contributed by atoms with Gasteiger partial charge < -0.3 is 10.1 Å². The number of aryl methyl sites for hydroxylation is 1. The molecule has 0 aliphatic carbocycles. The van der Waals surface area contributed by atoms with E-state index in [1.54, 1.807) is 7.11 Å². The highest BCUT2D eigenvalue weighted by atomic mass is 35.5. The Bertz CT molecular complexity index is 301. The number of methoxy groups -OCH3 is 1. The third kappa shape index (κ3) is 3.20. The number of hydrogen-bond donors (Lipinski definition) is 1. The van der Waals surface area contributed by atoms with Crippen LogP contribution in [-0.4, -0.2) is 19.8 Å². The molecule has 0 heterocycles. The van der Waals surface area contributed by atoms with Crippen LogP contribution in [0.25, 0.3) is 0 Å². The Balaban J connectivity index is 2.55. The molecule has 0 radical (unpaired) electrons. The van der Waals surface area contributed by atoms with Crippen LogP contribution in [0.3, 0.4) is 0 Å². The molecule has 2 nitrogen and oxygen atoms in total. The zero-order valence-corrected chi connectivity index (χ0v) is 9.56. The van der Waals surface area contributed by atoms with Gasteiger partial charge in [-0.2, -0.15) is 0 Å². The zero-order chi connectivity index (χ0) is 10.6. The smallest absolute Gasteiger partial charge is 0.0715 e. The van der Waals surface area contributed by atoms with E-state index in [2.05, 4.69) is 5.32 Å². The second kappa shape index (κ2) is 5.23. The summed E-state index contributed by atoms with van der Waals surface area (Å²) in [6, 6.07) is 5.95. The van der Waals surface area contributed by atoms with Gasteiger partial charge in [0.05, 0.1) is 6.10 Å². The van der Waals surface area contributed by atoms with Crippen molar-refractivity contribution in [1.29, 1.82) is 0 Å². The molecule has 14 heavy (non-hydrogen) atoms. The average Bonchev–Trinajstić information content (AvgIpc) is 2.19. The van der Waals surface area contributed by atoms with Gasteiger partial charge in [-0.15, -0.1) is 0 Å². The van der Waals surface area contributed by atoms with E-state index in [-0.39, 0.29) is 6.10 Å². The summed E-state index contributed by atoms with van der Waals surface area (Å²) in [5.41, 5.74) is 2.13. The van der Waals surface area contributed by atoms with Crippen LogP contribution in [-0.2, 0) is 4.74 Å². The number of ether oxygens (including phenoxy) is 1. The summed E-state index contributed by atoms with van der Waals surface area (Å²) in [4.78, 5) is 0. The molecule has 0 spiro atoms. The van der Waals surface area contributed by atoms with Crippen LogP contribution in [0.1, 0.15) is 12.5 Å². The van der Waals surface area contributed by atoms with Crippen LogP contribution < -0.4 is 5.32 Å². The lowest BCUT2D eigenvalue weighted by molar-refractivity contribution is 0.129. The normalized spacial score (nSPS) is 12.6. The maximum atomic E-state index is 5.99. The first-order valence-corrected chi connectivity index (χ1v) is 5.04. The molecule has 0 fully saturated rings. The van der Waals surface area contributed by atoms with E-state index in [0.29, 0.717) is 0 Å². The Kier molecular flexibility index (Phi) is 4.23. The van der Waals surface area contributed by atoms with E-state index in [1.807, 2.05) is 32.0 Å². The van der Waals surface area contributed by atoms with E-state index in [4.69, 9.17) is 16.3 Å². The van der Waals surface area contributed by atoms with Crippen LogP contribution in [0.2, 0.25) is 5.02 Å². The molecule has 3 heteroatoms. The summed E-state index contributed by atoms with van der Waals surface area (Å²) in [7, 11) is 1.70. The third-order valence-electron chi connectivity index (χ3n) is 2.17. The fourth-order valence-corrected chi connectivity index (χ4v) is 1.23. The van der Waals surface area contributed by atoms with E-state index in [0.717, 1.165) is 22.8 Å². The summed E-state index contributed by atoms with van der Waals surface area (Å²) < 4.78 is 5.13. The van der Waals surface area contributed by atoms with E-state index < -0.39 is 0 Å². The third-order valence-corrected chi connectivity index (χ3v) is 2.58. The summed E-state index contributed by atoms with van der Waals surface area (Å²) in [6.45, 7) is 4.79. The molecular weight excluding hydrogens is 198 g/mol. The Morgan fingerprint density at radius 1 is 1.50 bits per heavy atom. The maximum Gasteiger partial charge on any atom is 0.0715 e. The lowest BCUT2D eigenvalue weighted by atomic mass is 10.2. The van der Waals surface area contributed by atoms with Gasteiger partial charge in [0.1, 0.15) is 0 Å².